The van der Waals surface area contributed by atoms with Gasteiger partial charge in [-0.25, -0.2) is 4.99 Å². The first-order valence-electron chi connectivity index (χ1n) is 9.34. The van der Waals surface area contributed by atoms with Gasteiger partial charge in [0.2, 0.25) is 0 Å². The van der Waals surface area contributed by atoms with E-state index in [4.69, 9.17) is 4.99 Å². The standard InChI is InChI=1S/C22H18N4OS2/c1-3-26-20(27)19(21-25(2)17-8-4-5-9-18(17)28-21)29-22(26)24-15-10-11-16-14(13-15)7-6-12-23-16/h4-13H,3H2,1-2H3/b21-19-,24-22?. The number of benzene rings is 2. The molecule has 0 radical (unpaired) electrons. The first kappa shape index (κ1) is 18.3. The fourth-order valence-electron chi connectivity index (χ4n) is 3.44. The van der Waals surface area contributed by atoms with E-state index < -0.39 is 0 Å². The predicted molar refractivity (Wildman–Crippen MR) is 122 cm³/mol. The fraction of sp³-hybridized carbons (Fsp3) is 0.136. The van der Waals surface area contributed by atoms with Crippen LogP contribution in [0.2, 0.25) is 0 Å². The molecule has 3 heterocycles. The van der Waals surface area contributed by atoms with Crippen LogP contribution in [0.3, 0.4) is 0 Å². The topological polar surface area (TPSA) is 48.8 Å². The van der Waals surface area contributed by atoms with Gasteiger partial charge < -0.3 is 4.90 Å². The molecule has 5 rings (SSSR count). The van der Waals surface area contributed by atoms with Crippen molar-refractivity contribution in [3.05, 3.63) is 70.7 Å². The molecule has 1 amide bonds. The number of aromatic nitrogens is 1. The molecule has 0 atom stereocenters. The molecule has 0 N–H and O–H groups in total. The number of likely N-dealkylation sites (N-methyl/N-ethyl adjacent to an activating group) is 1. The zero-order chi connectivity index (χ0) is 20.0. The molecule has 0 spiro atoms. The molecule has 3 aromatic rings. The first-order chi connectivity index (χ1) is 14.2. The van der Waals surface area contributed by atoms with Crippen molar-refractivity contribution in [3.8, 4) is 0 Å². The van der Waals surface area contributed by atoms with Gasteiger partial charge in [0.05, 0.1) is 21.9 Å². The van der Waals surface area contributed by atoms with Gasteiger partial charge in [-0.2, -0.15) is 0 Å². The number of anilines is 1. The van der Waals surface area contributed by atoms with Crippen molar-refractivity contribution < 1.29 is 4.79 Å². The van der Waals surface area contributed by atoms with Gasteiger partial charge in [0.15, 0.2) is 5.17 Å². The summed E-state index contributed by atoms with van der Waals surface area (Å²) in [4.78, 5) is 28.1. The summed E-state index contributed by atoms with van der Waals surface area (Å²) in [6, 6.07) is 18.1. The molecule has 5 nitrogen and oxygen atoms in total. The molecule has 29 heavy (non-hydrogen) atoms. The number of carbonyl (C=O) groups is 1. The normalized spacial score (nSPS) is 20.2. The summed E-state index contributed by atoms with van der Waals surface area (Å²) < 4.78 is 0. The summed E-state index contributed by atoms with van der Waals surface area (Å²) in [5.41, 5.74) is 2.88. The molecule has 0 unspecified atom stereocenters. The number of aliphatic imine (C=N–C) groups is 1. The number of thioether (sulfide) groups is 2. The van der Waals surface area contributed by atoms with Crippen molar-refractivity contribution in [3.63, 3.8) is 0 Å². The molecule has 1 fully saturated rings. The van der Waals surface area contributed by atoms with Crippen LogP contribution in [0.5, 0.6) is 0 Å². The predicted octanol–water partition coefficient (Wildman–Crippen LogP) is 5.23. The van der Waals surface area contributed by atoms with E-state index >= 15 is 0 Å². The van der Waals surface area contributed by atoms with Crippen molar-refractivity contribution in [1.82, 2.24) is 9.88 Å². The maximum Gasteiger partial charge on any atom is 0.269 e. The zero-order valence-corrected chi connectivity index (χ0v) is 17.6. The summed E-state index contributed by atoms with van der Waals surface area (Å²) in [5, 5.41) is 2.72. The molecule has 144 valence electrons. The van der Waals surface area contributed by atoms with E-state index in [1.165, 1.54) is 16.7 Å². The quantitative estimate of drug-likeness (QED) is 0.534. The molecule has 7 heteroatoms. The van der Waals surface area contributed by atoms with Crippen LogP contribution < -0.4 is 4.90 Å². The van der Waals surface area contributed by atoms with Crippen LogP contribution in [0.15, 0.2) is 80.6 Å². The monoisotopic (exact) mass is 418 g/mol. The minimum atomic E-state index is 0.0147. The SMILES string of the molecule is CCN1C(=O)/C(=C2/Sc3ccccc3N2C)SC1=Nc1ccc2ncccc2c1. The van der Waals surface area contributed by atoms with Crippen molar-refractivity contribution in [2.24, 2.45) is 4.99 Å². The summed E-state index contributed by atoms with van der Waals surface area (Å²) in [6.07, 6.45) is 1.78. The number of hydrogen-bond donors (Lipinski definition) is 0. The Labute approximate surface area is 177 Å². The highest BCUT2D eigenvalue weighted by molar-refractivity contribution is 8.19. The van der Waals surface area contributed by atoms with Gasteiger partial charge in [0.1, 0.15) is 4.91 Å². The molecule has 0 saturated carbocycles. The maximum absolute atomic E-state index is 13.1. The molecular weight excluding hydrogens is 400 g/mol. The van der Waals surface area contributed by atoms with E-state index in [9.17, 15) is 4.79 Å². The van der Waals surface area contributed by atoms with E-state index in [-0.39, 0.29) is 5.91 Å². The average molecular weight is 419 g/mol. The van der Waals surface area contributed by atoms with Crippen LogP contribution in [0.4, 0.5) is 11.4 Å². The average Bonchev–Trinajstić information content (AvgIpc) is 3.24. The Bertz CT molecular complexity index is 1200. The van der Waals surface area contributed by atoms with Crippen molar-refractivity contribution in [2.45, 2.75) is 11.8 Å². The summed E-state index contributed by atoms with van der Waals surface area (Å²) in [6.45, 7) is 2.56. The third-order valence-corrected chi connectivity index (χ3v) is 7.36. The highest BCUT2D eigenvalue weighted by atomic mass is 32.2. The van der Waals surface area contributed by atoms with Gasteiger partial charge >= 0.3 is 0 Å². The molecule has 1 aromatic heterocycles. The van der Waals surface area contributed by atoms with E-state index in [2.05, 4.69) is 22.0 Å². The summed E-state index contributed by atoms with van der Waals surface area (Å²) in [7, 11) is 2.01. The molecule has 0 aliphatic carbocycles. The lowest BCUT2D eigenvalue weighted by Gasteiger charge is -2.15. The number of para-hydroxylation sites is 1. The number of amidine groups is 1. The number of fused-ring (bicyclic) bond motifs is 2. The van der Waals surface area contributed by atoms with E-state index in [0.29, 0.717) is 11.7 Å². The molecule has 2 aliphatic heterocycles. The lowest BCUT2D eigenvalue weighted by atomic mass is 10.2. The number of carbonyl (C=O) groups excluding carboxylic acids is 1. The Balaban J connectivity index is 1.54. The smallest absolute Gasteiger partial charge is 0.269 e. The molecule has 2 aliphatic rings. The summed E-state index contributed by atoms with van der Waals surface area (Å²) in [5.74, 6) is 0.0147. The van der Waals surface area contributed by atoms with Gasteiger partial charge in [-0.3, -0.25) is 14.7 Å². The zero-order valence-electron chi connectivity index (χ0n) is 16.0. The number of nitrogens with zero attached hydrogens (tertiary/aromatic N) is 4. The second-order valence-corrected chi connectivity index (χ2v) is 8.70. The van der Waals surface area contributed by atoms with E-state index in [1.807, 2.05) is 56.4 Å². The Morgan fingerprint density at radius 2 is 1.93 bits per heavy atom. The van der Waals surface area contributed by atoms with Crippen LogP contribution in [-0.2, 0) is 4.79 Å². The van der Waals surface area contributed by atoms with Crippen LogP contribution in [-0.4, -0.2) is 34.6 Å². The van der Waals surface area contributed by atoms with Gasteiger partial charge in [0, 0.05) is 30.1 Å². The second-order valence-electron chi connectivity index (χ2n) is 6.69. The Morgan fingerprint density at radius 3 is 2.76 bits per heavy atom. The van der Waals surface area contributed by atoms with Crippen molar-refractivity contribution in [2.75, 3.05) is 18.5 Å². The van der Waals surface area contributed by atoms with Gasteiger partial charge in [-0.15, -0.1) is 0 Å². The third kappa shape index (κ3) is 3.10. The highest BCUT2D eigenvalue weighted by Gasteiger charge is 2.38. The Hall–Kier alpha value is -2.77. The lowest BCUT2D eigenvalue weighted by Crippen LogP contribution is -2.29. The maximum atomic E-state index is 13.1. The van der Waals surface area contributed by atoms with Crippen LogP contribution in [0, 0.1) is 0 Å². The van der Waals surface area contributed by atoms with E-state index in [0.717, 1.165) is 32.2 Å². The number of hydrogen-bond acceptors (Lipinski definition) is 6. The molecule has 1 saturated heterocycles. The van der Waals surface area contributed by atoms with Crippen LogP contribution in [0.1, 0.15) is 6.92 Å². The van der Waals surface area contributed by atoms with Gasteiger partial charge in [-0.05, 0) is 55.1 Å². The minimum absolute atomic E-state index is 0.0147. The highest BCUT2D eigenvalue weighted by Crippen LogP contribution is 2.49. The third-order valence-electron chi connectivity index (χ3n) is 4.92. The Morgan fingerprint density at radius 1 is 1.07 bits per heavy atom. The van der Waals surface area contributed by atoms with Crippen molar-refractivity contribution >= 4 is 56.9 Å². The Kier molecular flexibility index (Phi) is 4.56. The number of amides is 1. The van der Waals surface area contributed by atoms with Crippen molar-refractivity contribution in [1.29, 1.82) is 0 Å². The summed E-state index contributed by atoms with van der Waals surface area (Å²) >= 11 is 3.09. The van der Waals surface area contributed by atoms with Gasteiger partial charge in [-0.1, -0.05) is 30.0 Å². The molecule has 2 aromatic carbocycles. The molecule has 0 bridgehead atoms. The fourth-order valence-corrected chi connectivity index (χ4v) is 5.85. The first-order valence-corrected chi connectivity index (χ1v) is 11.0. The second kappa shape index (κ2) is 7.24. The lowest BCUT2D eigenvalue weighted by molar-refractivity contribution is -0.122. The van der Waals surface area contributed by atoms with Crippen LogP contribution >= 0.6 is 23.5 Å². The largest absolute Gasteiger partial charge is 0.337 e. The minimum Gasteiger partial charge on any atom is -0.337 e. The number of rotatable bonds is 2. The van der Waals surface area contributed by atoms with Crippen LogP contribution in [0.25, 0.3) is 10.9 Å². The van der Waals surface area contributed by atoms with E-state index in [1.54, 1.807) is 22.9 Å². The molecular formula is C22H18N4OS2. The van der Waals surface area contributed by atoms with Gasteiger partial charge in [0.25, 0.3) is 5.91 Å². The number of pyridine rings is 1.